The summed E-state index contributed by atoms with van der Waals surface area (Å²) in [6.07, 6.45) is 1.22. The zero-order valence-corrected chi connectivity index (χ0v) is 32.0. The van der Waals surface area contributed by atoms with Gasteiger partial charge in [0.25, 0.3) is 0 Å². The number of halogens is 3. The van der Waals surface area contributed by atoms with Crippen molar-refractivity contribution in [1.82, 2.24) is 30.0 Å². The Kier molecular flexibility index (Phi) is 16.3. The molecular formula is C38H49F3N6O7S. The highest BCUT2D eigenvalue weighted by Crippen LogP contribution is 2.41. The number of nitrogens with one attached hydrogen (secondary N) is 2. The second-order valence-corrected chi connectivity index (χ2v) is 14.6. The highest BCUT2D eigenvalue weighted by atomic mass is 32.1. The molecule has 2 aromatic carbocycles. The van der Waals surface area contributed by atoms with E-state index < -0.39 is 52.9 Å². The van der Waals surface area contributed by atoms with Gasteiger partial charge in [-0.15, -0.1) is 0 Å². The van der Waals surface area contributed by atoms with Gasteiger partial charge in [-0.25, -0.2) is 18.2 Å². The summed E-state index contributed by atoms with van der Waals surface area (Å²) in [6.45, 7) is 5.44. The minimum Gasteiger partial charge on any atom is -0.387 e. The summed E-state index contributed by atoms with van der Waals surface area (Å²) >= 11 is 4.00. The normalized spacial score (nSPS) is 18.9. The number of benzene rings is 2. The number of imide groups is 1. The molecule has 2 aliphatic heterocycles. The highest BCUT2D eigenvalue weighted by molar-refractivity contribution is 7.81. The maximum absolute atomic E-state index is 14.9. The SMILES string of the molecule is COCC(C)(C)C(c1nc(-c2cc(F)ccc2F)cn1Cc1ccccc1)N(CC1CNCC1F)C(=O)CO.O=CNCCOCCN1C(=O)CC(S)C1=O. The number of hydrogen-bond donors (Lipinski definition) is 4. The van der Waals surface area contributed by atoms with Gasteiger partial charge in [-0.05, 0) is 23.8 Å². The average Bonchev–Trinajstić information content (AvgIpc) is 3.83. The molecule has 0 aliphatic carbocycles. The first-order valence-electron chi connectivity index (χ1n) is 17.9. The molecule has 13 nitrogen and oxygen atoms in total. The number of methoxy groups -OCH3 is 1. The number of ether oxygens (including phenoxy) is 2. The molecule has 2 fully saturated rings. The third kappa shape index (κ3) is 11.6. The number of aliphatic hydroxyl groups is 1. The molecule has 3 N–H and O–H groups in total. The summed E-state index contributed by atoms with van der Waals surface area (Å²) in [7, 11) is 1.54. The Labute approximate surface area is 324 Å². The van der Waals surface area contributed by atoms with E-state index in [0.717, 1.165) is 28.7 Å². The first kappa shape index (κ1) is 43.4. The summed E-state index contributed by atoms with van der Waals surface area (Å²) in [5.74, 6) is -2.40. The van der Waals surface area contributed by atoms with Crippen LogP contribution in [0.2, 0.25) is 0 Å². The largest absolute Gasteiger partial charge is 0.387 e. The van der Waals surface area contributed by atoms with Gasteiger partial charge >= 0.3 is 0 Å². The lowest BCUT2D eigenvalue weighted by Crippen LogP contribution is -2.49. The number of aliphatic hydroxyl groups excluding tert-OH is 1. The van der Waals surface area contributed by atoms with Crippen molar-refractivity contribution >= 4 is 36.8 Å². The number of carbonyl (C=O) groups excluding carboxylic acids is 4. The van der Waals surface area contributed by atoms with Crippen LogP contribution in [-0.2, 0) is 35.2 Å². The van der Waals surface area contributed by atoms with Crippen molar-refractivity contribution in [2.75, 3.05) is 66.3 Å². The zero-order chi connectivity index (χ0) is 40.1. The van der Waals surface area contributed by atoms with Gasteiger partial charge in [0, 0.05) is 69.3 Å². The van der Waals surface area contributed by atoms with E-state index in [-0.39, 0.29) is 62.3 Å². The van der Waals surface area contributed by atoms with Gasteiger partial charge in [0.05, 0.1) is 43.4 Å². The van der Waals surface area contributed by atoms with Crippen LogP contribution in [0.1, 0.15) is 37.7 Å². The van der Waals surface area contributed by atoms with Crippen molar-refractivity contribution in [2.24, 2.45) is 11.3 Å². The van der Waals surface area contributed by atoms with Crippen molar-refractivity contribution in [3.63, 3.8) is 0 Å². The molecule has 2 saturated heterocycles. The van der Waals surface area contributed by atoms with E-state index in [4.69, 9.17) is 14.5 Å². The molecular weight excluding hydrogens is 742 g/mol. The molecule has 4 amide bonds. The number of likely N-dealkylation sites (tertiary alicyclic amines) is 1. The Hall–Kier alpha value is -4.29. The number of thiol groups is 1. The van der Waals surface area contributed by atoms with E-state index in [1.54, 1.807) is 17.9 Å². The Morgan fingerprint density at radius 2 is 1.93 bits per heavy atom. The fourth-order valence-corrected chi connectivity index (χ4v) is 6.96. The van der Waals surface area contributed by atoms with E-state index in [1.165, 1.54) is 4.90 Å². The molecule has 0 spiro atoms. The van der Waals surface area contributed by atoms with Crippen LogP contribution >= 0.6 is 12.6 Å². The maximum atomic E-state index is 14.9. The van der Waals surface area contributed by atoms with Gasteiger partial charge in [0.1, 0.15) is 30.2 Å². The molecule has 3 heterocycles. The Bertz CT molecular complexity index is 1750. The molecule has 4 atom stereocenters. The summed E-state index contributed by atoms with van der Waals surface area (Å²) in [5.41, 5.74) is 0.331. The maximum Gasteiger partial charge on any atom is 0.248 e. The summed E-state index contributed by atoms with van der Waals surface area (Å²) in [4.78, 5) is 53.2. The Balaban J connectivity index is 0.000000352. The number of carbonyl (C=O) groups is 4. The number of alkyl halides is 1. The van der Waals surface area contributed by atoms with Gasteiger partial charge in [-0.3, -0.25) is 24.1 Å². The minimum atomic E-state index is -1.16. The number of nitrogens with zero attached hydrogens (tertiary/aromatic N) is 4. The van der Waals surface area contributed by atoms with Crippen LogP contribution in [0.15, 0.2) is 54.7 Å². The fraction of sp³-hybridized carbons (Fsp3) is 0.500. The van der Waals surface area contributed by atoms with Gasteiger partial charge in [0.2, 0.25) is 24.1 Å². The molecule has 17 heteroatoms. The van der Waals surface area contributed by atoms with E-state index in [1.807, 2.05) is 44.2 Å². The molecule has 2 aliphatic rings. The quantitative estimate of drug-likeness (QED) is 0.0660. The highest BCUT2D eigenvalue weighted by Gasteiger charge is 2.43. The standard InChI is InChI=1S/C29H35F3N4O3.C9H14N2O4S/c1-29(2,18-39-3)27(36(26(38)17-37)15-20-12-33-13-24(20)32)28-34-25(22-11-21(30)9-10-23(22)31)16-35(28)14-19-7-5-4-6-8-19;12-6-10-1-3-15-4-2-11-8(13)5-7(16)9(11)14/h4-11,16,20,24,27,33,37H,12-15,17-18H2,1-3H3;6-7,16H,1-5H2,(H,10,12). The number of imidazole rings is 1. The van der Waals surface area contributed by atoms with Gasteiger partial charge in [0.15, 0.2) is 0 Å². The molecule has 55 heavy (non-hydrogen) atoms. The van der Waals surface area contributed by atoms with Gasteiger partial charge in [-0.2, -0.15) is 12.6 Å². The minimum absolute atomic E-state index is 0.0183. The monoisotopic (exact) mass is 790 g/mol. The van der Waals surface area contributed by atoms with E-state index in [2.05, 4.69) is 23.3 Å². The molecule has 1 aromatic heterocycles. The third-order valence-electron chi connectivity index (χ3n) is 9.32. The number of aromatic nitrogens is 2. The lowest BCUT2D eigenvalue weighted by molar-refractivity contribution is -0.142. The predicted octanol–water partition coefficient (Wildman–Crippen LogP) is 2.78. The molecule has 5 rings (SSSR count). The van der Waals surface area contributed by atoms with E-state index in [9.17, 15) is 37.5 Å². The van der Waals surface area contributed by atoms with Crippen molar-refractivity contribution < 1.29 is 46.9 Å². The predicted molar refractivity (Wildman–Crippen MR) is 201 cm³/mol. The molecule has 0 radical (unpaired) electrons. The Morgan fingerprint density at radius 1 is 1.18 bits per heavy atom. The third-order valence-corrected chi connectivity index (χ3v) is 9.72. The first-order valence-corrected chi connectivity index (χ1v) is 18.4. The van der Waals surface area contributed by atoms with Crippen molar-refractivity contribution in [2.45, 2.75) is 44.3 Å². The van der Waals surface area contributed by atoms with E-state index in [0.29, 0.717) is 38.5 Å². The number of hydrogen-bond acceptors (Lipinski definition) is 10. The first-order chi connectivity index (χ1) is 26.3. The van der Waals surface area contributed by atoms with Crippen LogP contribution in [0.4, 0.5) is 13.2 Å². The zero-order valence-electron chi connectivity index (χ0n) is 31.1. The summed E-state index contributed by atoms with van der Waals surface area (Å²) in [5, 5.41) is 14.9. The van der Waals surface area contributed by atoms with Crippen LogP contribution < -0.4 is 10.6 Å². The number of rotatable bonds is 18. The fourth-order valence-electron chi connectivity index (χ4n) is 6.66. The lowest BCUT2D eigenvalue weighted by Gasteiger charge is -2.42. The van der Waals surface area contributed by atoms with Crippen LogP contribution in [0.5, 0.6) is 0 Å². The second-order valence-electron chi connectivity index (χ2n) is 14.0. The van der Waals surface area contributed by atoms with Crippen LogP contribution in [0, 0.1) is 23.0 Å². The van der Waals surface area contributed by atoms with Crippen LogP contribution in [-0.4, -0.2) is 126 Å². The molecule has 3 aromatic rings. The van der Waals surface area contributed by atoms with Gasteiger partial charge in [-0.1, -0.05) is 44.2 Å². The van der Waals surface area contributed by atoms with Crippen molar-refractivity contribution in [1.29, 1.82) is 0 Å². The van der Waals surface area contributed by atoms with Crippen LogP contribution in [0.25, 0.3) is 11.3 Å². The lowest BCUT2D eigenvalue weighted by atomic mass is 9.82. The summed E-state index contributed by atoms with van der Waals surface area (Å²) < 4.78 is 56.2. The average molecular weight is 791 g/mol. The van der Waals surface area contributed by atoms with Crippen molar-refractivity contribution in [3.05, 3.63) is 77.8 Å². The Morgan fingerprint density at radius 3 is 2.55 bits per heavy atom. The van der Waals surface area contributed by atoms with Gasteiger partial charge < -0.3 is 34.7 Å². The smallest absolute Gasteiger partial charge is 0.248 e. The molecule has 0 bridgehead atoms. The van der Waals surface area contributed by atoms with Crippen molar-refractivity contribution in [3.8, 4) is 11.3 Å². The van der Waals surface area contributed by atoms with Crippen LogP contribution in [0.3, 0.4) is 0 Å². The number of amides is 4. The molecule has 4 unspecified atom stereocenters. The topological polar surface area (TPSA) is 155 Å². The molecule has 300 valence electrons. The van der Waals surface area contributed by atoms with E-state index >= 15 is 0 Å². The molecule has 0 saturated carbocycles. The second kappa shape index (κ2) is 20.6. The summed E-state index contributed by atoms with van der Waals surface area (Å²) in [6, 6.07) is 11.9.